The zero-order valence-electron chi connectivity index (χ0n) is 26.7. The third kappa shape index (κ3) is 5.81. The molecule has 0 N–H and O–H groups in total. The van der Waals surface area contributed by atoms with Crippen LogP contribution in [0.3, 0.4) is 0 Å². The van der Waals surface area contributed by atoms with Crippen molar-refractivity contribution in [1.29, 1.82) is 0 Å². The van der Waals surface area contributed by atoms with Crippen molar-refractivity contribution in [3.63, 3.8) is 0 Å². The molecule has 7 aromatic rings. The SMILES string of the molecule is CCc1cccc(CC)c1-c1cnn(-c2[c-]c(Oc3[c-]c4c(cc3)c3ccccc3n4-c3cc(C(C)(C)C)ccn3)ccc2)c1.[Pt+2]. The number of ether oxygens (including phenoxy) is 1. The maximum Gasteiger partial charge on any atom is 2.00 e. The molecule has 0 fully saturated rings. The minimum Gasteiger partial charge on any atom is -0.509 e. The van der Waals surface area contributed by atoms with Crippen molar-refractivity contribution in [3.05, 3.63) is 132 Å². The van der Waals surface area contributed by atoms with E-state index in [0.29, 0.717) is 11.5 Å². The maximum atomic E-state index is 6.39. The molecule has 4 aromatic carbocycles. The van der Waals surface area contributed by atoms with Crippen molar-refractivity contribution in [2.24, 2.45) is 0 Å². The smallest absolute Gasteiger partial charge is 0.509 e. The molecular formula is C40H36N4OPt. The zero-order valence-corrected chi connectivity index (χ0v) is 29.0. The van der Waals surface area contributed by atoms with E-state index in [4.69, 9.17) is 14.8 Å². The number of pyridine rings is 1. The summed E-state index contributed by atoms with van der Waals surface area (Å²) >= 11 is 0. The van der Waals surface area contributed by atoms with Crippen LogP contribution in [0.5, 0.6) is 11.5 Å². The van der Waals surface area contributed by atoms with E-state index >= 15 is 0 Å². The molecule has 0 saturated heterocycles. The molecule has 7 rings (SSSR count). The minimum absolute atomic E-state index is 0. The van der Waals surface area contributed by atoms with Gasteiger partial charge in [-0.25, -0.2) is 4.98 Å². The Morgan fingerprint density at radius 1 is 0.783 bits per heavy atom. The molecule has 0 aliphatic rings. The molecule has 3 aromatic heterocycles. The van der Waals surface area contributed by atoms with Gasteiger partial charge in [-0.15, -0.1) is 35.7 Å². The Morgan fingerprint density at radius 3 is 2.28 bits per heavy atom. The van der Waals surface area contributed by atoms with Gasteiger partial charge < -0.3 is 9.30 Å². The van der Waals surface area contributed by atoms with Gasteiger partial charge in [0, 0.05) is 35.0 Å². The Hall–Kier alpha value is -4.47. The van der Waals surface area contributed by atoms with Gasteiger partial charge in [0.25, 0.3) is 0 Å². The number of nitrogens with zero attached hydrogens (tertiary/aromatic N) is 4. The Kier molecular flexibility index (Phi) is 8.72. The molecule has 0 amide bonds. The molecule has 0 bridgehead atoms. The summed E-state index contributed by atoms with van der Waals surface area (Å²) in [5, 5.41) is 6.96. The zero-order chi connectivity index (χ0) is 31.1. The van der Waals surface area contributed by atoms with Gasteiger partial charge in [0.05, 0.1) is 6.20 Å². The van der Waals surface area contributed by atoms with Crippen LogP contribution in [0, 0.1) is 12.1 Å². The summed E-state index contributed by atoms with van der Waals surface area (Å²) in [6.45, 7) is 11.1. The predicted molar refractivity (Wildman–Crippen MR) is 183 cm³/mol. The van der Waals surface area contributed by atoms with Gasteiger partial charge in [-0.2, -0.15) is 17.2 Å². The van der Waals surface area contributed by atoms with Crippen LogP contribution in [-0.2, 0) is 39.3 Å². The summed E-state index contributed by atoms with van der Waals surface area (Å²) in [5.41, 5.74) is 9.09. The molecule has 0 saturated carbocycles. The summed E-state index contributed by atoms with van der Waals surface area (Å²) in [7, 11) is 0. The fraction of sp³-hybridized carbons (Fsp3) is 0.200. The van der Waals surface area contributed by atoms with Crippen molar-refractivity contribution < 1.29 is 25.8 Å². The predicted octanol–water partition coefficient (Wildman–Crippen LogP) is 9.84. The summed E-state index contributed by atoms with van der Waals surface area (Å²) in [5.74, 6) is 2.07. The number of aryl methyl sites for hydroxylation is 2. The van der Waals surface area contributed by atoms with E-state index in [2.05, 4.69) is 118 Å². The maximum absolute atomic E-state index is 6.39. The Balaban J connectivity index is 0.00000372. The first-order valence-electron chi connectivity index (χ1n) is 15.6. The van der Waals surface area contributed by atoms with Crippen molar-refractivity contribution in [3.8, 4) is 34.1 Å². The van der Waals surface area contributed by atoms with E-state index in [9.17, 15) is 0 Å². The number of hydrogen-bond donors (Lipinski definition) is 0. The third-order valence-corrected chi connectivity index (χ3v) is 8.49. The van der Waals surface area contributed by atoms with Crippen LogP contribution in [-0.4, -0.2) is 19.3 Å². The molecular weight excluding hydrogens is 748 g/mol. The van der Waals surface area contributed by atoms with E-state index in [0.717, 1.165) is 51.7 Å². The van der Waals surface area contributed by atoms with Gasteiger partial charge in [0.15, 0.2) is 0 Å². The van der Waals surface area contributed by atoms with Crippen LogP contribution >= 0.6 is 0 Å². The second kappa shape index (κ2) is 12.7. The van der Waals surface area contributed by atoms with Gasteiger partial charge in [-0.3, -0.25) is 4.68 Å². The van der Waals surface area contributed by atoms with E-state index in [1.165, 1.54) is 22.3 Å². The standard InChI is InChI=1S/C40H36N4O.Pt/c1-6-27-12-10-13-28(7-2)39(27)29-25-42-43(26-29)31-14-11-15-32(23-31)45-33-18-19-35-34-16-8-9-17-36(34)44(37(35)24-33)38-22-30(20-21-41-38)40(3,4)5;/h8-22,25-26H,6-7H2,1-5H3;/q-2;+2. The van der Waals surface area contributed by atoms with Crippen LogP contribution in [0.15, 0.2) is 104 Å². The fourth-order valence-electron chi connectivity index (χ4n) is 6.12. The van der Waals surface area contributed by atoms with Crippen molar-refractivity contribution in [2.45, 2.75) is 52.9 Å². The minimum atomic E-state index is 0. The fourth-order valence-corrected chi connectivity index (χ4v) is 6.12. The topological polar surface area (TPSA) is 44.9 Å². The number of para-hydroxylation sites is 1. The van der Waals surface area contributed by atoms with Crippen molar-refractivity contribution in [2.75, 3.05) is 0 Å². The van der Waals surface area contributed by atoms with Crippen LogP contribution in [0.4, 0.5) is 0 Å². The van der Waals surface area contributed by atoms with Gasteiger partial charge >= 0.3 is 21.1 Å². The van der Waals surface area contributed by atoms with E-state index in [-0.39, 0.29) is 26.5 Å². The van der Waals surface area contributed by atoms with Gasteiger partial charge in [-0.05, 0) is 69.8 Å². The molecule has 0 aliphatic carbocycles. The molecule has 5 nitrogen and oxygen atoms in total. The summed E-state index contributed by atoms with van der Waals surface area (Å²) in [6.07, 6.45) is 7.86. The molecule has 0 spiro atoms. The molecule has 6 heteroatoms. The first-order valence-corrected chi connectivity index (χ1v) is 15.6. The Bertz CT molecular complexity index is 2150. The van der Waals surface area contributed by atoms with E-state index < -0.39 is 0 Å². The quantitative estimate of drug-likeness (QED) is 0.151. The van der Waals surface area contributed by atoms with E-state index in [1.54, 1.807) is 0 Å². The Labute approximate surface area is 285 Å². The largest absolute Gasteiger partial charge is 2.00 e. The van der Waals surface area contributed by atoms with E-state index in [1.807, 2.05) is 41.3 Å². The van der Waals surface area contributed by atoms with Gasteiger partial charge in [0.2, 0.25) is 0 Å². The average Bonchev–Trinajstić information content (AvgIpc) is 3.67. The summed E-state index contributed by atoms with van der Waals surface area (Å²) < 4.78 is 10.4. The third-order valence-electron chi connectivity index (χ3n) is 8.49. The molecule has 3 heterocycles. The normalized spacial score (nSPS) is 11.6. The summed E-state index contributed by atoms with van der Waals surface area (Å²) in [4.78, 5) is 4.79. The first-order chi connectivity index (χ1) is 21.8. The second-order valence-corrected chi connectivity index (χ2v) is 12.4. The van der Waals surface area contributed by atoms with Crippen LogP contribution in [0.25, 0.3) is 44.4 Å². The number of aromatic nitrogens is 4. The monoisotopic (exact) mass is 783 g/mol. The van der Waals surface area contributed by atoms with Crippen LogP contribution in [0.1, 0.15) is 51.3 Å². The van der Waals surface area contributed by atoms with Gasteiger partial charge in [-0.1, -0.05) is 76.5 Å². The summed E-state index contributed by atoms with van der Waals surface area (Å²) in [6, 6.07) is 36.2. The number of hydrogen-bond acceptors (Lipinski definition) is 3. The second-order valence-electron chi connectivity index (χ2n) is 12.4. The molecule has 0 unspecified atom stereocenters. The van der Waals surface area contributed by atoms with Crippen LogP contribution in [0.2, 0.25) is 0 Å². The molecule has 232 valence electrons. The Morgan fingerprint density at radius 2 is 1.52 bits per heavy atom. The van der Waals surface area contributed by atoms with Crippen LogP contribution < -0.4 is 4.74 Å². The average molecular weight is 784 g/mol. The number of fused-ring (bicyclic) bond motifs is 3. The number of rotatable bonds is 7. The van der Waals surface area contributed by atoms with Gasteiger partial charge in [0.1, 0.15) is 5.82 Å². The number of benzene rings is 4. The molecule has 0 atom stereocenters. The molecule has 0 radical (unpaired) electrons. The molecule has 0 aliphatic heterocycles. The molecule has 46 heavy (non-hydrogen) atoms. The van der Waals surface area contributed by atoms with Crippen molar-refractivity contribution >= 4 is 21.8 Å². The first kappa shape index (κ1) is 31.5. The van der Waals surface area contributed by atoms with Crippen molar-refractivity contribution in [1.82, 2.24) is 19.3 Å².